The summed E-state index contributed by atoms with van der Waals surface area (Å²) in [6.07, 6.45) is 0.925. The number of carbonyl (C=O) groups excluding carboxylic acids is 1. The zero-order valence-electron chi connectivity index (χ0n) is 12.0. The SMILES string of the molecule is CCN1C(=O)N(C)C[C@H]1Cc1ccc2ccccc2c1. The Bertz CT molecular complexity index is 638. The van der Waals surface area contributed by atoms with Gasteiger partial charge in [0, 0.05) is 20.1 Å². The highest BCUT2D eigenvalue weighted by Crippen LogP contribution is 2.21. The molecule has 1 aliphatic heterocycles. The van der Waals surface area contributed by atoms with Gasteiger partial charge in [-0.15, -0.1) is 0 Å². The fourth-order valence-electron chi connectivity index (χ4n) is 3.07. The number of benzene rings is 2. The van der Waals surface area contributed by atoms with E-state index in [9.17, 15) is 4.79 Å². The van der Waals surface area contributed by atoms with E-state index in [1.54, 1.807) is 0 Å². The summed E-state index contributed by atoms with van der Waals surface area (Å²) >= 11 is 0. The molecule has 3 heteroatoms. The molecule has 0 aromatic heterocycles. The van der Waals surface area contributed by atoms with Crippen LogP contribution >= 0.6 is 0 Å². The van der Waals surface area contributed by atoms with E-state index < -0.39 is 0 Å². The first-order valence-electron chi connectivity index (χ1n) is 7.18. The molecule has 2 amide bonds. The molecule has 3 nitrogen and oxygen atoms in total. The zero-order chi connectivity index (χ0) is 14.1. The van der Waals surface area contributed by atoms with Crippen LogP contribution in [0.2, 0.25) is 0 Å². The standard InChI is InChI=1S/C17H20N2O/c1-3-19-16(12-18(2)17(19)20)11-13-8-9-14-6-4-5-7-15(14)10-13/h4-10,16H,3,11-12H2,1-2H3/t16-/m1/s1. The minimum absolute atomic E-state index is 0.151. The van der Waals surface area contributed by atoms with Crippen LogP contribution in [0.25, 0.3) is 10.8 Å². The molecule has 20 heavy (non-hydrogen) atoms. The summed E-state index contributed by atoms with van der Waals surface area (Å²) in [5, 5.41) is 2.54. The molecule has 2 aromatic rings. The normalized spacial score (nSPS) is 19.1. The first-order valence-corrected chi connectivity index (χ1v) is 7.18. The molecule has 0 N–H and O–H groups in total. The van der Waals surface area contributed by atoms with Gasteiger partial charge in [-0.3, -0.25) is 0 Å². The van der Waals surface area contributed by atoms with E-state index in [2.05, 4.69) is 42.5 Å². The van der Waals surface area contributed by atoms with Gasteiger partial charge >= 0.3 is 6.03 Å². The van der Waals surface area contributed by atoms with E-state index >= 15 is 0 Å². The fraction of sp³-hybridized carbons (Fsp3) is 0.353. The van der Waals surface area contributed by atoms with Gasteiger partial charge in [0.25, 0.3) is 0 Å². The molecule has 0 unspecified atom stereocenters. The fourth-order valence-corrected chi connectivity index (χ4v) is 3.07. The number of rotatable bonds is 3. The topological polar surface area (TPSA) is 23.6 Å². The van der Waals surface area contributed by atoms with E-state index in [-0.39, 0.29) is 6.03 Å². The van der Waals surface area contributed by atoms with Gasteiger partial charge in [-0.1, -0.05) is 42.5 Å². The second-order valence-electron chi connectivity index (χ2n) is 5.49. The minimum atomic E-state index is 0.151. The third kappa shape index (κ3) is 2.24. The van der Waals surface area contributed by atoms with Crippen molar-refractivity contribution >= 4 is 16.8 Å². The van der Waals surface area contributed by atoms with Gasteiger partial charge in [0.1, 0.15) is 0 Å². The predicted octanol–water partition coefficient (Wildman–Crippen LogP) is 3.14. The largest absolute Gasteiger partial charge is 0.326 e. The number of hydrogen-bond donors (Lipinski definition) is 0. The van der Waals surface area contributed by atoms with Gasteiger partial charge in [-0.2, -0.15) is 0 Å². The molecule has 104 valence electrons. The lowest BCUT2D eigenvalue weighted by molar-refractivity contribution is 0.193. The quantitative estimate of drug-likeness (QED) is 0.839. The van der Waals surface area contributed by atoms with Crippen molar-refractivity contribution in [3.63, 3.8) is 0 Å². The first-order chi connectivity index (χ1) is 9.69. The Morgan fingerprint density at radius 3 is 2.65 bits per heavy atom. The summed E-state index contributed by atoms with van der Waals surface area (Å²) in [6.45, 7) is 3.64. The third-order valence-corrected chi connectivity index (χ3v) is 4.12. The van der Waals surface area contributed by atoms with Crippen LogP contribution in [0.3, 0.4) is 0 Å². The summed E-state index contributed by atoms with van der Waals surface area (Å²) in [5.74, 6) is 0. The third-order valence-electron chi connectivity index (χ3n) is 4.12. The van der Waals surface area contributed by atoms with Gasteiger partial charge in [-0.05, 0) is 29.7 Å². The average Bonchev–Trinajstić information content (AvgIpc) is 2.73. The van der Waals surface area contributed by atoms with Crippen LogP contribution in [-0.4, -0.2) is 42.0 Å². The van der Waals surface area contributed by atoms with Gasteiger partial charge in [0.05, 0.1) is 6.04 Å². The Morgan fingerprint density at radius 1 is 1.15 bits per heavy atom. The number of carbonyl (C=O) groups is 1. The van der Waals surface area contributed by atoms with Crippen molar-refractivity contribution in [3.8, 4) is 0 Å². The van der Waals surface area contributed by atoms with Crippen LogP contribution in [0.1, 0.15) is 12.5 Å². The number of likely N-dealkylation sites (N-methyl/N-ethyl adjacent to an activating group) is 2. The number of hydrogen-bond acceptors (Lipinski definition) is 1. The van der Waals surface area contributed by atoms with Crippen molar-refractivity contribution in [1.82, 2.24) is 9.80 Å². The predicted molar refractivity (Wildman–Crippen MR) is 81.8 cm³/mol. The number of fused-ring (bicyclic) bond motifs is 1. The Balaban J connectivity index is 1.84. The second-order valence-corrected chi connectivity index (χ2v) is 5.49. The van der Waals surface area contributed by atoms with Crippen LogP contribution in [0.5, 0.6) is 0 Å². The van der Waals surface area contributed by atoms with Gasteiger partial charge < -0.3 is 9.80 Å². The molecule has 1 heterocycles. The average molecular weight is 268 g/mol. The van der Waals surface area contributed by atoms with Crippen LogP contribution in [0.15, 0.2) is 42.5 Å². The summed E-state index contributed by atoms with van der Waals surface area (Å²) < 4.78 is 0. The number of amides is 2. The zero-order valence-corrected chi connectivity index (χ0v) is 12.0. The maximum atomic E-state index is 12.0. The lowest BCUT2D eigenvalue weighted by Gasteiger charge is -2.21. The molecule has 1 atom stereocenters. The van der Waals surface area contributed by atoms with Crippen molar-refractivity contribution in [2.75, 3.05) is 20.1 Å². The van der Waals surface area contributed by atoms with Crippen molar-refractivity contribution in [2.24, 2.45) is 0 Å². The summed E-state index contributed by atoms with van der Waals surface area (Å²) in [7, 11) is 1.88. The molecule has 0 aliphatic carbocycles. The van der Waals surface area contributed by atoms with E-state index in [4.69, 9.17) is 0 Å². The van der Waals surface area contributed by atoms with Crippen molar-refractivity contribution < 1.29 is 4.79 Å². The molecule has 1 fully saturated rings. The van der Waals surface area contributed by atoms with Crippen molar-refractivity contribution in [2.45, 2.75) is 19.4 Å². The van der Waals surface area contributed by atoms with Gasteiger partial charge in [-0.25, -0.2) is 4.79 Å². The minimum Gasteiger partial charge on any atom is -0.326 e. The number of urea groups is 1. The van der Waals surface area contributed by atoms with Gasteiger partial charge in [0.15, 0.2) is 0 Å². The maximum Gasteiger partial charge on any atom is 0.320 e. The molecule has 3 rings (SSSR count). The highest BCUT2D eigenvalue weighted by Gasteiger charge is 2.33. The maximum absolute atomic E-state index is 12.0. The van der Waals surface area contributed by atoms with Crippen LogP contribution in [-0.2, 0) is 6.42 Å². The Hall–Kier alpha value is -2.03. The lowest BCUT2D eigenvalue weighted by atomic mass is 10.0. The second kappa shape index (κ2) is 5.16. The Morgan fingerprint density at radius 2 is 1.90 bits per heavy atom. The molecule has 0 spiro atoms. The molecule has 1 saturated heterocycles. The molecular weight excluding hydrogens is 248 g/mol. The van der Waals surface area contributed by atoms with E-state index in [1.165, 1.54) is 16.3 Å². The highest BCUT2D eigenvalue weighted by molar-refractivity contribution is 5.83. The summed E-state index contributed by atoms with van der Waals surface area (Å²) in [4.78, 5) is 15.8. The molecule has 1 aliphatic rings. The van der Waals surface area contributed by atoms with Crippen molar-refractivity contribution in [1.29, 1.82) is 0 Å². The van der Waals surface area contributed by atoms with Crippen LogP contribution in [0.4, 0.5) is 4.79 Å². The molecular formula is C17H20N2O. The van der Waals surface area contributed by atoms with E-state index in [1.807, 2.05) is 23.8 Å². The summed E-state index contributed by atoms with van der Waals surface area (Å²) in [6, 6.07) is 15.4. The monoisotopic (exact) mass is 268 g/mol. The molecule has 0 saturated carbocycles. The molecule has 0 radical (unpaired) electrons. The van der Waals surface area contributed by atoms with Crippen molar-refractivity contribution in [3.05, 3.63) is 48.0 Å². The molecule has 2 aromatic carbocycles. The van der Waals surface area contributed by atoms with Gasteiger partial charge in [0.2, 0.25) is 0 Å². The molecule has 0 bridgehead atoms. The summed E-state index contributed by atoms with van der Waals surface area (Å²) in [5.41, 5.74) is 1.30. The first kappa shape index (κ1) is 13.0. The highest BCUT2D eigenvalue weighted by atomic mass is 16.2. The van der Waals surface area contributed by atoms with Crippen LogP contribution < -0.4 is 0 Å². The lowest BCUT2D eigenvalue weighted by Crippen LogP contribution is -2.35. The Labute approximate surface area is 119 Å². The number of nitrogens with zero attached hydrogens (tertiary/aromatic N) is 2. The Kier molecular flexibility index (Phi) is 3.35. The van der Waals surface area contributed by atoms with E-state index in [0.717, 1.165) is 19.5 Å². The van der Waals surface area contributed by atoms with Crippen LogP contribution in [0, 0.1) is 0 Å². The van der Waals surface area contributed by atoms with E-state index in [0.29, 0.717) is 6.04 Å². The smallest absolute Gasteiger partial charge is 0.320 e.